The Bertz CT molecular complexity index is 788. The van der Waals surface area contributed by atoms with Crippen LogP contribution in [0.5, 0.6) is 0 Å². The van der Waals surface area contributed by atoms with Crippen LogP contribution >= 0.6 is 11.8 Å². The third-order valence-electron chi connectivity index (χ3n) is 3.52. The van der Waals surface area contributed by atoms with E-state index in [4.69, 9.17) is 5.73 Å². The zero-order valence-corrected chi connectivity index (χ0v) is 13.2. The van der Waals surface area contributed by atoms with E-state index < -0.39 is 10.0 Å². The maximum Gasteiger partial charge on any atom is 0.264 e. The van der Waals surface area contributed by atoms with Crippen LogP contribution in [0.1, 0.15) is 5.56 Å². The van der Waals surface area contributed by atoms with Crippen LogP contribution in [0.4, 0.5) is 11.4 Å². The molecule has 0 saturated carbocycles. The fraction of sp³-hybridized carbons (Fsp3) is 0.200. The highest BCUT2D eigenvalue weighted by molar-refractivity contribution is 8.00. The predicted octanol–water partition coefficient (Wildman–Crippen LogP) is 2.88. The van der Waals surface area contributed by atoms with Crippen molar-refractivity contribution in [1.29, 1.82) is 0 Å². The van der Waals surface area contributed by atoms with Gasteiger partial charge < -0.3 is 5.73 Å². The van der Waals surface area contributed by atoms with Crippen LogP contribution in [0.2, 0.25) is 0 Å². The monoisotopic (exact) mass is 320 g/mol. The molecule has 0 amide bonds. The summed E-state index contributed by atoms with van der Waals surface area (Å²) < 4.78 is 27.2. The molecule has 0 fully saturated rings. The van der Waals surface area contributed by atoms with Crippen molar-refractivity contribution >= 4 is 33.2 Å². The first-order valence-corrected chi connectivity index (χ1v) is 9.03. The minimum absolute atomic E-state index is 0.243. The van der Waals surface area contributed by atoms with Gasteiger partial charge in [0.25, 0.3) is 10.0 Å². The Morgan fingerprint density at radius 3 is 2.71 bits per heavy atom. The van der Waals surface area contributed by atoms with Gasteiger partial charge in [0, 0.05) is 22.9 Å². The smallest absolute Gasteiger partial charge is 0.264 e. The van der Waals surface area contributed by atoms with Crippen LogP contribution in [0.3, 0.4) is 0 Å². The molecule has 110 valence electrons. The maximum absolute atomic E-state index is 12.9. The number of sulfonamides is 1. The first kappa shape index (κ1) is 14.3. The fourth-order valence-corrected chi connectivity index (χ4v) is 4.99. The lowest BCUT2D eigenvalue weighted by atomic mass is 10.2. The molecule has 0 radical (unpaired) electrons. The number of anilines is 2. The van der Waals surface area contributed by atoms with E-state index in [0.29, 0.717) is 12.2 Å². The molecule has 0 unspecified atom stereocenters. The molecule has 3 rings (SSSR count). The van der Waals surface area contributed by atoms with Gasteiger partial charge in [-0.15, -0.1) is 11.8 Å². The molecule has 6 heteroatoms. The Kier molecular flexibility index (Phi) is 3.59. The van der Waals surface area contributed by atoms with Gasteiger partial charge in [0.05, 0.1) is 10.6 Å². The van der Waals surface area contributed by atoms with Gasteiger partial charge in [0.15, 0.2) is 0 Å². The van der Waals surface area contributed by atoms with E-state index in [1.54, 1.807) is 23.9 Å². The third kappa shape index (κ3) is 2.49. The minimum Gasteiger partial charge on any atom is -0.398 e. The van der Waals surface area contributed by atoms with Gasteiger partial charge in [-0.3, -0.25) is 4.31 Å². The van der Waals surface area contributed by atoms with Gasteiger partial charge >= 0.3 is 0 Å². The van der Waals surface area contributed by atoms with Crippen molar-refractivity contribution in [1.82, 2.24) is 0 Å². The lowest BCUT2D eigenvalue weighted by Crippen LogP contribution is -2.35. The number of rotatable bonds is 2. The molecule has 4 nitrogen and oxygen atoms in total. The molecule has 2 aromatic rings. The lowest BCUT2D eigenvalue weighted by Gasteiger charge is -2.30. The van der Waals surface area contributed by atoms with Gasteiger partial charge in [-0.2, -0.15) is 0 Å². The van der Waals surface area contributed by atoms with Crippen molar-refractivity contribution in [3.63, 3.8) is 0 Å². The van der Waals surface area contributed by atoms with E-state index in [9.17, 15) is 8.42 Å². The summed E-state index contributed by atoms with van der Waals surface area (Å²) in [5.74, 6) is 0.748. The van der Waals surface area contributed by atoms with E-state index in [-0.39, 0.29) is 4.90 Å². The number of aryl methyl sites for hydroxylation is 1. The van der Waals surface area contributed by atoms with Gasteiger partial charge in [0.1, 0.15) is 0 Å². The average Bonchev–Trinajstić information content (AvgIpc) is 2.49. The highest BCUT2D eigenvalue weighted by atomic mass is 32.2. The average molecular weight is 320 g/mol. The number of nitrogens with zero attached hydrogens (tertiary/aromatic N) is 1. The number of nitrogens with two attached hydrogens (primary N) is 1. The first-order valence-electron chi connectivity index (χ1n) is 6.61. The third-order valence-corrected chi connectivity index (χ3v) is 6.38. The quantitative estimate of drug-likeness (QED) is 0.864. The van der Waals surface area contributed by atoms with Crippen LogP contribution in [-0.2, 0) is 10.0 Å². The molecule has 0 atom stereocenters. The number of thioether (sulfide) groups is 1. The Hall–Kier alpha value is -1.66. The van der Waals surface area contributed by atoms with Crippen LogP contribution in [-0.4, -0.2) is 20.7 Å². The van der Waals surface area contributed by atoms with Crippen molar-refractivity contribution in [2.24, 2.45) is 0 Å². The van der Waals surface area contributed by atoms with Gasteiger partial charge in [-0.1, -0.05) is 18.2 Å². The van der Waals surface area contributed by atoms with E-state index in [1.807, 2.05) is 31.2 Å². The SMILES string of the molecule is Cc1ccc(S(=O)(=O)N2CCSc3ccccc32)cc1N. The summed E-state index contributed by atoms with van der Waals surface area (Å²) in [6.07, 6.45) is 0. The van der Waals surface area contributed by atoms with Gasteiger partial charge in [0.2, 0.25) is 0 Å². The summed E-state index contributed by atoms with van der Waals surface area (Å²) in [5.41, 5.74) is 7.97. The molecule has 21 heavy (non-hydrogen) atoms. The zero-order chi connectivity index (χ0) is 15.0. The summed E-state index contributed by atoms with van der Waals surface area (Å²) >= 11 is 1.68. The van der Waals surface area contributed by atoms with E-state index >= 15 is 0 Å². The minimum atomic E-state index is -3.57. The summed E-state index contributed by atoms with van der Waals surface area (Å²) in [6, 6.07) is 12.5. The van der Waals surface area contributed by atoms with Gasteiger partial charge in [-0.25, -0.2) is 8.42 Å². The molecule has 2 N–H and O–H groups in total. The van der Waals surface area contributed by atoms with Crippen molar-refractivity contribution in [3.05, 3.63) is 48.0 Å². The number of fused-ring (bicyclic) bond motifs is 1. The summed E-state index contributed by atoms with van der Waals surface area (Å²) in [5, 5.41) is 0. The Morgan fingerprint density at radius 1 is 1.19 bits per heavy atom. The lowest BCUT2D eigenvalue weighted by molar-refractivity contribution is 0.591. The van der Waals surface area contributed by atoms with Crippen molar-refractivity contribution in [2.45, 2.75) is 16.7 Å². The number of para-hydroxylation sites is 1. The van der Waals surface area contributed by atoms with Crippen molar-refractivity contribution < 1.29 is 8.42 Å². The van der Waals surface area contributed by atoms with Gasteiger partial charge in [-0.05, 0) is 36.8 Å². The molecule has 1 aliphatic rings. The molecular formula is C15H16N2O2S2. The summed E-state index contributed by atoms with van der Waals surface area (Å²) in [6.45, 7) is 2.33. The molecule has 0 spiro atoms. The molecule has 0 saturated heterocycles. The number of hydrogen-bond acceptors (Lipinski definition) is 4. The summed E-state index contributed by atoms with van der Waals surface area (Å²) in [7, 11) is -3.57. The zero-order valence-electron chi connectivity index (χ0n) is 11.6. The Morgan fingerprint density at radius 2 is 1.95 bits per heavy atom. The molecule has 1 aliphatic heterocycles. The second-order valence-electron chi connectivity index (χ2n) is 4.91. The maximum atomic E-state index is 12.9. The molecular weight excluding hydrogens is 304 g/mol. The van der Waals surface area contributed by atoms with Crippen molar-refractivity contribution in [3.8, 4) is 0 Å². The number of benzene rings is 2. The standard InChI is InChI=1S/C15H16N2O2S2/c1-11-6-7-12(10-13(11)16)21(18,19)17-8-9-20-15-5-3-2-4-14(15)17/h2-7,10H,8-9,16H2,1H3. The second-order valence-corrected chi connectivity index (χ2v) is 7.91. The van der Waals surface area contributed by atoms with E-state index in [0.717, 1.165) is 21.9 Å². The predicted molar refractivity (Wildman–Crippen MR) is 87.3 cm³/mol. The fourth-order valence-electron chi connectivity index (χ4n) is 2.30. The number of nitrogen functional groups attached to an aromatic ring is 1. The normalized spacial score (nSPS) is 14.8. The molecule has 0 bridgehead atoms. The molecule has 0 aromatic heterocycles. The van der Waals surface area contributed by atoms with Crippen LogP contribution < -0.4 is 10.0 Å². The largest absolute Gasteiger partial charge is 0.398 e. The van der Waals surface area contributed by atoms with Crippen molar-refractivity contribution in [2.75, 3.05) is 22.3 Å². The molecule has 0 aliphatic carbocycles. The molecule has 1 heterocycles. The second kappa shape index (κ2) is 5.27. The Balaban J connectivity index is 2.09. The first-order chi connectivity index (χ1) is 10.00. The Labute approximate surface area is 129 Å². The highest BCUT2D eigenvalue weighted by Gasteiger charge is 2.29. The topological polar surface area (TPSA) is 63.4 Å². The molecule has 2 aromatic carbocycles. The van der Waals surface area contributed by atoms with Crippen LogP contribution in [0.15, 0.2) is 52.3 Å². The van der Waals surface area contributed by atoms with Crippen LogP contribution in [0.25, 0.3) is 0 Å². The van der Waals surface area contributed by atoms with E-state index in [2.05, 4.69) is 0 Å². The van der Waals surface area contributed by atoms with Crippen LogP contribution in [0, 0.1) is 6.92 Å². The number of hydrogen-bond donors (Lipinski definition) is 1. The van der Waals surface area contributed by atoms with E-state index in [1.165, 1.54) is 10.4 Å². The highest BCUT2D eigenvalue weighted by Crippen LogP contribution is 2.37. The summed E-state index contributed by atoms with van der Waals surface area (Å²) in [4.78, 5) is 1.24.